The van der Waals surface area contributed by atoms with Gasteiger partial charge in [-0.05, 0) is 104 Å². The van der Waals surface area contributed by atoms with Gasteiger partial charge in [0.2, 0.25) is 0 Å². The predicted molar refractivity (Wildman–Crippen MR) is 200 cm³/mol. The number of hydrogen-bond donors (Lipinski definition) is 5. The molecule has 0 spiro atoms. The third-order valence-corrected chi connectivity index (χ3v) is 8.95. The number of methoxy groups -OCH3 is 2. The van der Waals surface area contributed by atoms with E-state index in [9.17, 15) is 19.2 Å². The van der Waals surface area contributed by atoms with Crippen molar-refractivity contribution >= 4 is 24.0 Å². The summed E-state index contributed by atoms with van der Waals surface area (Å²) in [6.45, 7) is 3.03. The summed E-state index contributed by atoms with van der Waals surface area (Å²) in [4.78, 5) is 54.1. The number of rotatable bonds is 23. The lowest BCUT2D eigenvalue weighted by molar-refractivity contribution is 0.0887. The van der Waals surface area contributed by atoms with Crippen molar-refractivity contribution in [2.24, 2.45) is 11.5 Å². The Morgan fingerprint density at radius 2 is 1.17 bits per heavy atom. The van der Waals surface area contributed by atoms with Crippen LogP contribution in [0.2, 0.25) is 0 Å². The van der Waals surface area contributed by atoms with E-state index in [4.69, 9.17) is 30.4 Å². The molecule has 0 saturated heterocycles. The zero-order valence-corrected chi connectivity index (χ0v) is 31.2. The van der Waals surface area contributed by atoms with Crippen molar-refractivity contribution in [3.05, 3.63) is 46.5 Å². The maximum atomic E-state index is 13.9. The molecule has 0 aromatic heterocycles. The zero-order valence-electron chi connectivity index (χ0n) is 31.2. The van der Waals surface area contributed by atoms with Crippen LogP contribution < -0.4 is 46.4 Å². The lowest BCUT2D eigenvalue weighted by atomic mass is 9.90. The van der Waals surface area contributed by atoms with E-state index in [0.29, 0.717) is 94.4 Å². The number of ether oxygens (including phenoxy) is 4. The van der Waals surface area contributed by atoms with Gasteiger partial charge < -0.3 is 51.3 Å². The molecular weight excluding hydrogens is 668 g/mol. The van der Waals surface area contributed by atoms with E-state index in [1.54, 1.807) is 12.1 Å². The number of likely N-dealkylation sites (N-methyl/N-ethyl adjacent to an activating group) is 1. The quantitative estimate of drug-likeness (QED) is 0.0833. The molecule has 3 rings (SSSR count). The molecule has 1 saturated carbocycles. The van der Waals surface area contributed by atoms with E-state index in [1.807, 2.05) is 19.0 Å². The van der Waals surface area contributed by atoms with Crippen LogP contribution in [0, 0.1) is 0 Å². The molecule has 2 aromatic carbocycles. The average Bonchev–Trinajstić information content (AvgIpc) is 3.14. The van der Waals surface area contributed by atoms with Crippen LogP contribution in [-0.2, 0) is 0 Å². The van der Waals surface area contributed by atoms with E-state index < -0.39 is 0 Å². The summed E-state index contributed by atoms with van der Waals surface area (Å²) in [6.07, 6.45) is 8.18. The highest BCUT2D eigenvalue weighted by atomic mass is 16.5. The first-order chi connectivity index (χ1) is 25.1. The van der Waals surface area contributed by atoms with Gasteiger partial charge in [-0.1, -0.05) is 0 Å². The van der Waals surface area contributed by atoms with Crippen LogP contribution in [0.15, 0.2) is 24.3 Å². The lowest BCUT2D eigenvalue weighted by Crippen LogP contribution is -2.44. The summed E-state index contributed by atoms with van der Waals surface area (Å²) < 4.78 is 22.9. The number of amides is 3. The van der Waals surface area contributed by atoms with Crippen molar-refractivity contribution < 1.29 is 38.1 Å². The molecule has 0 heterocycles. The Hall–Kier alpha value is -4.40. The number of aldehydes is 1. The van der Waals surface area contributed by atoms with Gasteiger partial charge in [-0.25, -0.2) is 0 Å². The summed E-state index contributed by atoms with van der Waals surface area (Å²) in [7, 11) is 6.74. The van der Waals surface area contributed by atoms with Crippen molar-refractivity contribution in [3.63, 3.8) is 0 Å². The van der Waals surface area contributed by atoms with Gasteiger partial charge in [0.05, 0.1) is 49.7 Å². The van der Waals surface area contributed by atoms with Gasteiger partial charge in [-0.15, -0.1) is 0 Å². The predicted octanol–water partition coefficient (Wildman–Crippen LogP) is 3.29. The number of nitrogens with zero attached hydrogens (tertiary/aromatic N) is 1. The maximum Gasteiger partial charge on any atom is 0.255 e. The lowest BCUT2D eigenvalue weighted by Gasteiger charge is -2.30. The van der Waals surface area contributed by atoms with E-state index in [1.165, 1.54) is 26.4 Å². The zero-order chi connectivity index (χ0) is 37.9. The van der Waals surface area contributed by atoms with Gasteiger partial charge in [0.25, 0.3) is 17.7 Å². The molecule has 0 bridgehead atoms. The third-order valence-electron chi connectivity index (χ3n) is 8.95. The molecular formula is C38H58N6O8. The maximum absolute atomic E-state index is 13.9. The van der Waals surface area contributed by atoms with Crippen molar-refractivity contribution in [1.29, 1.82) is 0 Å². The Labute approximate surface area is 307 Å². The first-order valence-corrected chi connectivity index (χ1v) is 18.2. The second-order valence-electron chi connectivity index (χ2n) is 13.2. The summed E-state index contributed by atoms with van der Waals surface area (Å²) >= 11 is 0. The molecule has 0 radical (unpaired) electrons. The Morgan fingerprint density at radius 1 is 0.692 bits per heavy atom. The molecule has 7 N–H and O–H groups in total. The molecule has 52 heavy (non-hydrogen) atoms. The first-order valence-electron chi connectivity index (χ1n) is 18.2. The highest BCUT2D eigenvalue weighted by molar-refractivity contribution is 6.03. The molecule has 0 unspecified atom stereocenters. The molecule has 3 amide bonds. The molecule has 1 aliphatic carbocycles. The van der Waals surface area contributed by atoms with Gasteiger partial charge in [-0.2, -0.15) is 0 Å². The fourth-order valence-electron chi connectivity index (χ4n) is 5.96. The van der Waals surface area contributed by atoms with Crippen LogP contribution >= 0.6 is 0 Å². The van der Waals surface area contributed by atoms with Crippen molar-refractivity contribution in [1.82, 2.24) is 20.9 Å². The Morgan fingerprint density at radius 3 is 1.63 bits per heavy atom. The Balaban J connectivity index is 1.76. The number of benzene rings is 2. The smallest absolute Gasteiger partial charge is 0.255 e. The molecule has 288 valence electrons. The third kappa shape index (κ3) is 13.0. The number of unbranched alkanes of at least 4 members (excludes halogenated alkanes) is 4. The number of nitrogens with two attached hydrogens (primary N) is 2. The first kappa shape index (κ1) is 42.0. The largest absolute Gasteiger partial charge is 0.496 e. The summed E-state index contributed by atoms with van der Waals surface area (Å²) in [5.41, 5.74) is 12.3. The van der Waals surface area contributed by atoms with Crippen molar-refractivity contribution in [3.8, 4) is 23.0 Å². The molecule has 1 fully saturated rings. The Bertz CT molecular complexity index is 1460. The molecule has 2 aromatic rings. The number of carbonyl (C=O) groups is 4. The van der Waals surface area contributed by atoms with E-state index in [-0.39, 0.29) is 52.1 Å². The standard InChI is InChI=1S/C38H58N6O8/c1-44(2)18-17-41-36(46)30-22-31(35(52-20-10-6-8-16-40)24-34(30)51-19-9-5-7-15-39)38(48)43-28-13-11-27(12-14-28)42-37(47)29-21-26(25-45)32(49-3)23-33(29)50-4/h21-25,27-28H,5-20,39-40H2,1-4H3,(H,41,46)(H,42,47)(H,43,48)/t27-,28+. The van der Waals surface area contributed by atoms with Gasteiger partial charge in [0.15, 0.2) is 6.29 Å². The molecule has 14 nitrogen and oxygen atoms in total. The minimum Gasteiger partial charge on any atom is -0.496 e. The second kappa shape index (κ2) is 22.5. The van der Waals surface area contributed by atoms with Crippen LogP contribution in [0.3, 0.4) is 0 Å². The monoisotopic (exact) mass is 726 g/mol. The molecule has 1 aliphatic rings. The van der Waals surface area contributed by atoms with Crippen LogP contribution in [0.4, 0.5) is 0 Å². The molecule has 0 aliphatic heterocycles. The number of hydrogen-bond acceptors (Lipinski definition) is 11. The SMILES string of the molecule is COc1cc(OC)c(C(=O)N[C@H]2CC[C@@H](NC(=O)c3cc(C(=O)NCCN(C)C)c(OCCCCCN)cc3OCCCCCN)CC2)cc1C=O. The van der Waals surface area contributed by atoms with Crippen LogP contribution in [0.25, 0.3) is 0 Å². The van der Waals surface area contributed by atoms with Crippen LogP contribution in [0.5, 0.6) is 23.0 Å². The van der Waals surface area contributed by atoms with E-state index >= 15 is 0 Å². The summed E-state index contributed by atoms with van der Waals surface area (Å²) in [5.74, 6) is 0.258. The van der Waals surface area contributed by atoms with Gasteiger partial charge >= 0.3 is 0 Å². The van der Waals surface area contributed by atoms with Crippen molar-refractivity contribution in [2.75, 3.05) is 67.7 Å². The fourth-order valence-corrected chi connectivity index (χ4v) is 5.96. The average molecular weight is 727 g/mol. The minimum absolute atomic E-state index is 0.140. The van der Waals surface area contributed by atoms with E-state index in [2.05, 4.69) is 16.0 Å². The van der Waals surface area contributed by atoms with Crippen LogP contribution in [-0.4, -0.2) is 109 Å². The van der Waals surface area contributed by atoms with Crippen molar-refractivity contribution in [2.45, 2.75) is 76.3 Å². The van der Waals surface area contributed by atoms with Gasteiger partial charge in [0.1, 0.15) is 23.0 Å². The van der Waals surface area contributed by atoms with E-state index in [0.717, 1.165) is 38.5 Å². The topological polar surface area (TPSA) is 197 Å². The summed E-state index contributed by atoms with van der Waals surface area (Å²) in [6, 6.07) is 5.89. The fraction of sp³-hybridized carbons (Fsp3) is 0.579. The number of carbonyl (C=O) groups excluding carboxylic acids is 4. The molecule has 0 atom stereocenters. The van der Waals surface area contributed by atoms with Gasteiger partial charge in [-0.3, -0.25) is 19.2 Å². The second-order valence-corrected chi connectivity index (χ2v) is 13.2. The number of nitrogens with one attached hydrogen (secondary N) is 3. The minimum atomic E-state index is -0.360. The van der Waals surface area contributed by atoms with Crippen LogP contribution in [0.1, 0.15) is 106 Å². The Kier molecular flexibility index (Phi) is 18.2. The summed E-state index contributed by atoms with van der Waals surface area (Å²) in [5, 5.41) is 9.12. The highest BCUT2D eigenvalue weighted by Crippen LogP contribution is 2.32. The normalized spacial score (nSPS) is 15.4. The molecule has 14 heteroatoms. The highest BCUT2D eigenvalue weighted by Gasteiger charge is 2.28. The van der Waals surface area contributed by atoms with Gasteiger partial charge in [0, 0.05) is 37.3 Å².